The predicted molar refractivity (Wildman–Crippen MR) is 55.3 cm³/mol. The number of rotatable bonds is 0. The summed E-state index contributed by atoms with van der Waals surface area (Å²) < 4.78 is 0. The zero-order chi connectivity index (χ0) is 9.47. The van der Waals surface area contributed by atoms with Gasteiger partial charge in [-0.2, -0.15) is 0 Å². The molecule has 1 aromatic carbocycles. The van der Waals surface area contributed by atoms with Gasteiger partial charge in [-0.15, -0.1) is 11.8 Å². The summed E-state index contributed by atoms with van der Waals surface area (Å²) >= 11 is 1.78. The maximum Gasteiger partial charge on any atom is 0.170 e. The zero-order valence-corrected chi connectivity index (χ0v) is 8.65. The minimum absolute atomic E-state index is 0.195. The first-order valence-corrected chi connectivity index (χ1v) is 5.36. The zero-order valence-electron chi connectivity index (χ0n) is 7.83. The van der Waals surface area contributed by atoms with Crippen LogP contribution in [-0.4, -0.2) is 11.5 Å². The van der Waals surface area contributed by atoms with Gasteiger partial charge < -0.3 is 0 Å². The first kappa shape index (κ1) is 8.82. The molecule has 13 heavy (non-hydrogen) atoms. The molecule has 0 fully saturated rings. The number of benzene rings is 1. The van der Waals surface area contributed by atoms with Crippen molar-refractivity contribution in [3.8, 4) is 0 Å². The Kier molecular flexibility index (Phi) is 1.95. The number of carbonyl (C=O) groups is 1. The molecule has 2 heteroatoms. The molecule has 0 saturated carbocycles. The van der Waals surface area contributed by atoms with Crippen LogP contribution in [0.2, 0.25) is 0 Å². The van der Waals surface area contributed by atoms with Crippen molar-refractivity contribution in [2.75, 3.05) is 5.75 Å². The second-order valence-corrected chi connectivity index (χ2v) is 5.02. The van der Waals surface area contributed by atoms with Crippen LogP contribution in [0.25, 0.3) is 0 Å². The third kappa shape index (κ3) is 1.39. The lowest BCUT2D eigenvalue weighted by Gasteiger charge is -2.28. The Morgan fingerprint density at radius 2 is 2.00 bits per heavy atom. The smallest absolute Gasteiger partial charge is 0.170 e. The molecular formula is C11H12OS. The summed E-state index contributed by atoms with van der Waals surface area (Å²) in [7, 11) is 0. The molecule has 0 aromatic heterocycles. The molecule has 0 saturated heterocycles. The summed E-state index contributed by atoms with van der Waals surface area (Å²) in [5.41, 5.74) is 0.697. The molecule has 2 rings (SSSR count). The average molecular weight is 192 g/mol. The van der Waals surface area contributed by atoms with Gasteiger partial charge in [0.25, 0.3) is 0 Å². The van der Waals surface area contributed by atoms with E-state index in [9.17, 15) is 4.79 Å². The molecule has 1 aliphatic heterocycles. The normalized spacial score (nSPS) is 19.7. The number of Topliss-reactive ketones (excluding diaryl/α,β-unsaturated/α-hetero) is 1. The van der Waals surface area contributed by atoms with E-state index < -0.39 is 0 Å². The quantitative estimate of drug-likeness (QED) is 0.628. The maximum atomic E-state index is 11.9. The van der Waals surface area contributed by atoms with Crippen LogP contribution in [0.5, 0.6) is 0 Å². The minimum Gasteiger partial charge on any atom is -0.294 e. The van der Waals surface area contributed by atoms with Crippen LogP contribution in [0.3, 0.4) is 0 Å². The Morgan fingerprint density at radius 3 is 2.77 bits per heavy atom. The Labute approximate surface area is 82.5 Å². The van der Waals surface area contributed by atoms with E-state index in [-0.39, 0.29) is 11.2 Å². The molecule has 0 atom stereocenters. The number of hydrogen-bond acceptors (Lipinski definition) is 2. The monoisotopic (exact) mass is 192 g/mol. The van der Waals surface area contributed by atoms with E-state index in [1.165, 1.54) is 0 Å². The van der Waals surface area contributed by atoms with E-state index in [0.29, 0.717) is 0 Å². The highest BCUT2D eigenvalue weighted by Crippen LogP contribution is 2.38. The highest BCUT2D eigenvalue weighted by Gasteiger charge is 2.34. The molecule has 0 spiro atoms. The van der Waals surface area contributed by atoms with E-state index in [4.69, 9.17) is 0 Å². The summed E-state index contributed by atoms with van der Waals surface area (Å²) in [4.78, 5) is 13.1. The fourth-order valence-electron chi connectivity index (χ4n) is 1.47. The SMILES string of the molecule is CC1(C)CSc2ccccc2C1=O. The lowest BCUT2D eigenvalue weighted by Crippen LogP contribution is -2.30. The van der Waals surface area contributed by atoms with Gasteiger partial charge >= 0.3 is 0 Å². The van der Waals surface area contributed by atoms with Crippen molar-refractivity contribution in [3.05, 3.63) is 29.8 Å². The minimum atomic E-state index is -0.195. The van der Waals surface area contributed by atoms with E-state index in [0.717, 1.165) is 16.2 Å². The van der Waals surface area contributed by atoms with E-state index >= 15 is 0 Å². The maximum absolute atomic E-state index is 11.9. The van der Waals surface area contributed by atoms with Gasteiger partial charge in [0.05, 0.1) is 0 Å². The molecule has 0 radical (unpaired) electrons. The molecule has 0 unspecified atom stereocenters. The fourth-order valence-corrected chi connectivity index (χ4v) is 2.61. The Bertz CT molecular complexity index is 355. The van der Waals surface area contributed by atoms with Crippen LogP contribution in [-0.2, 0) is 0 Å². The summed E-state index contributed by atoms with van der Waals surface area (Å²) in [5.74, 6) is 1.17. The molecular weight excluding hydrogens is 180 g/mol. The van der Waals surface area contributed by atoms with Crippen molar-refractivity contribution in [2.24, 2.45) is 5.41 Å². The molecule has 1 aliphatic rings. The van der Waals surface area contributed by atoms with Crippen molar-refractivity contribution in [3.63, 3.8) is 0 Å². The van der Waals surface area contributed by atoms with Crippen molar-refractivity contribution in [1.82, 2.24) is 0 Å². The van der Waals surface area contributed by atoms with Crippen molar-refractivity contribution >= 4 is 17.5 Å². The topological polar surface area (TPSA) is 17.1 Å². The lowest BCUT2D eigenvalue weighted by molar-refractivity contribution is 0.0856. The van der Waals surface area contributed by atoms with E-state index in [2.05, 4.69) is 0 Å². The number of hydrogen-bond donors (Lipinski definition) is 0. The first-order chi connectivity index (χ1) is 6.11. The number of ketones is 1. The number of fused-ring (bicyclic) bond motifs is 1. The van der Waals surface area contributed by atoms with E-state index in [1.807, 2.05) is 38.1 Å². The first-order valence-electron chi connectivity index (χ1n) is 4.38. The van der Waals surface area contributed by atoms with Crippen molar-refractivity contribution < 1.29 is 4.79 Å². The molecule has 1 heterocycles. The Balaban J connectivity index is 2.52. The van der Waals surface area contributed by atoms with E-state index in [1.54, 1.807) is 11.8 Å². The van der Waals surface area contributed by atoms with Crippen LogP contribution in [0.15, 0.2) is 29.2 Å². The van der Waals surface area contributed by atoms with Gasteiger partial charge in [-0.3, -0.25) is 4.79 Å². The van der Waals surface area contributed by atoms with Crippen LogP contribution in [0, 0.1) is 5.41 Å². The standard InChI is InChI=1S/C11H12OS/c1-11(2)7-13-9-6-4-3-5-8(9)10(11)12/h3-6H,7H2,1-2H3. The van der Waals surface area contributed by atoms with Gasteiger partial charge in [0.1, 0.15) is 0 Å². The molecule has 1 nitrogen and oxygen atoms in total. The van der Waals surface area contributed by atoms with Gasteiger partial charge in [-0.25, -0.2) is 0 Å². The molecule has 0 aliphatic carbocycles. The predicted octanol–water partition coefficient (Wildman–Crippen LogP) is 3.00. The third-order valence-electron chi connectivity index (χ3n) is 2.33. The van der Waals surface area contributed by atoms with Gasteiger partial charge in [-0.05, 0) is 6.07 Å². The molecule has 1 aromatic rings. The highest BCUT2D eigenvalue weighted by atomic mass is 32.2. The second-order valence-electron chi connectivity index (χ2n) is 4.00. The molecule has 68 valence electrons. The van der Waals surface area contributed by atoms with Crippen LogP contribution in [0.1, 0.15) is 24.2 Å². The van der Waals surface area contributed by atoms with Gasteiger partial charge in [0, 0.05) is 21.6 Å². The number of carbonyl (C=O) groups excluding carboxylic acids is 1. The van der Waals surface area contributed by atoms with Crippen LogP contribution in [0.4, 0.5) is 0 Å². The second kappa shape index (κ2) is 2.88. The van der Waals surface area contributed by atoms with Gasteiger partial charge in [-0.1, -0.05) is 32.0 Å². The Morgan fingerprint density at radius 1 is 1.31 bits per heavy atom. The highest BCUT2D eigenvalue weighted by molar-refractivity contribution is 7.99. The van der Waals surface area contributed by atoms with Crippen LogP contribution >= 0.6 is 11.8 Å². The van der Waals surface area contributed by atoms with Crippen molar-refractivity contribution in [1.29, 1.82) is 0 Å². The van der Waals surface area contributed by atoms with Gasteiger partial charge in [0.2, 0.25) is 0 Å². The molecule has 0 N–H and O–H groups in total. The number of thioether (sulfide) groups is 1. The summed E-state index contributed by atoms with van der Waals surface area (Å²) in [5, 5.41) is 0. The lowest BCUT2D eigenvalue weighted by atomic mass is 9.86. The Hall–Kier alpha value is -0.760. The third-order valence-corrected chi connectivity index (χ3v) is 3.87. The average Bonchev–Trinajstić information content (AvgIpc) is 2.13. The molecule has 0 amide bonds. The summed E-state index contributed by atoms with van der Waals surface area (Å²) in [6.07, 6.45) is 0. The van der Waals surface area contributed by atoms with Crippen LogP contribution < -0.4 is 0 Å². The molecule has 0 bridgehead atoms. The largest absolute Gasteiger partial charge is 0.294 e. The van der Waals surface area contributed by atoms with Gasteiger partial charge in [0.15, 0.2) is 5.78 Å². The fraction of sp³-hybridized carbons (Fsp3) is 0.364. The van der Waals surface area contributed by atoms with Crippen molar-refractivity contribution in [2.45, 2.75) is 18.7 Å². The summed E-state index contributed by atoms with van der Waals surface area (Å²) in [6.45, 7) is 4.02. The summed E-state index contributed by atoms with van der Waals surface area (Å²) in [6, 6.07) is 7.86.